The standard InChI is InChI=1S/C23H16O11.C16H19ClN2/c24-11(9-31-12-4-5-16-13(6-12)14(25)7-19(33-16)22(27)28)10-32-17-2-1-3-18-21(17)15(26)8-20(34-18)23(29)30;1-19(2)12-10-15(16-5-3-4-11-18-16)13-6-8-14(17)9-7-13/h1-8,11,24H,9-10H2,(H,27,28)(H,29,30);3-9,11,15H,10,12H2,1-2H3. The Morgan fingerprint density at radius 1 is 0.811 bits per heavy atom. The van der Waals surface area contributed by atoms with Gasteiger partial charge < -0.3 is 38.5 Å². The molecule has 53 heavy (non-hydrogen) atoms. The lowest BCUT2D eigenvalue weighted by molar-refractivity contribution is 0.0631. The van der Waals surface area contributed by atoms with Gasteiger partial charge in [-0.15, -0.1) is 0 Å². The molecule has 3 aromatic carbocycles. The van der Waals surface area contributed by atoms with E-state index in [0.717, 1.165) is 35.8 Å². The number of carboxylic acids is 2. The second kappa shape index (κ2) is 17.5. The van der Waals surface area contributed by atoms with Crippen molar-refractivity contribution in [2.45, 2.75) is 18.4 Å². The molecular formula is C39H35ClN2O11. The summed E-state index contributed by atoms with van der Waals surface area (Å²) >= 11 is 5.97. The predicted octanol–water partition coefficient (Wildman–Crippen LogP) is 5.93. The molecule has 3 aromatic heterocycles. The number of halogens is 1. The van der Waals surface area contributed by atoms with E-state index < -0.39 is 40.4 Å². The normalized spacial score (nSPS) is 12.2. The first-order valence-corrected chi connectivity index (χ1v) is 16.6. The summed E-state index contributed by atoms with van der Waals surface area (Å²) in [6.45, 7) is 0.535. The van der Waals surface area contributed by atoms with Crippen molar-refractivity contribution in [1.82, 2.24) is 9.88 Å². The maximum absolute atomic E-state index is 12.3. The summed E-state index contributed by atoms with van der Waals surface area (Å²) in [7, 11) is 4.19. The monoisotopic (exact) mass is 742 g/mol. The molecule has 0 radical (unpaired) electrons. The van der Waals surface area contributed by atoms with Gasteiger partial charge in [0, 0.05) is 35.0 Å². The Balaban J connectivity index is 0.000000241. The Morgan fingerprint density at radius 2 is 1.49 bits per heavy atom. The minimum absolute atomic E-state index is 0.0224. The van der Waals surface area contributed by atoms with E-state index in [1.807, 2.05) is 30.5 Å². The lowest BCUT2D eigenvalue weighted by Gasteiger charge is -2.19. The van der Waals surface area contributed by atoms with Crippen LogP contribution in [0.1, 0.15) is 44.7 Å². The van der Waals surface area contributed by atoms with E-state index in [1.54, 1.807) is 0 Å². The van der Waals surface area contributed by atoms with Crippen LogP contribution in [0.5, 0.6) is 11.5 Å². The number of hydrogen-bond acceptors (Lipinski definition) is 11. The summed E-state index contributed by atoms with van der Waals surface area (Å²) in [6.07, 6.45) is 1.77. The molecule has 2 atom stereocenters. The van der Waals surface area contributed by atoms with E-state index in [4.69, 9.17) is 40.1 Å². The Bertz CT molecular complexity index is 2320. The zero-order chi connectivity index (χ0) is 38.1. The second-order valence-corrected chi connectivity index (χ2v) is 12.5. The fourth-order valence-corrected chi connectivity index (χ4v) is 5.44. The molecule has 3 heterocycles. The third kappa shape index (κ3) is 10.1. The van der Waals surface area contributed by atoms with E-state index >= 15 is 0 Å². The number of nitrogens with zero attached hydrogens (tertiary/aromatic N) is 2. The molecule has 0 aliphatic heterocycles. The number of aromatic nitrogens is 1. The highest BCUT2D eigenvalue weighted by molar-refractivity contribution is 6.30. The summed E-state index contributed by atoms with van der Waals surface area (Å²) in [4.78, 5) is 53.2. The van der Waals surface area contributed by atoms with Crippen molar-refractivity contribution in [2.75, 3.05) is 33.9 Å². The van der Waals surface area contributed by atoms with E-state index in [9.17, 15) is 24.3 Å². The molecule has 3 N–H and O–H groups in total. The fraction of sp³-hybridized carbons (Fsp3) is 0.205. The molecule has 2 unspecified atom stereocenters. The lowest BCUT2D eigenvalue weighted by Crippen LogP contribution is -2.25. The number of aliphatic hydroxyl groups is 1. The van der Waals surface area contributed by atoms with Gasteiger partial charge in [-0.1, -0.05) is 35.9 Å². The number of carbonyl (C=O) groups is 2. The SMILES string of the molecule is CN(C)CCC(c1ccc(Cl)cc1)c1ccccn1.O=C(O)c1cc(=O)c2cc(OCC(O)COc3cccc4oc(C(=O)O)cc(=O)c34)ccc2o1. The van der Waals surface area contributed by atoms with Gasteiger partial charge in [0.2, 0.25) is 11.5 Å². The van der Waals surface area contributed by atoms with Gasteiger partial charge in [-0.2, -0.15) is 0 Å². The number of aromatic carboxylic acids is 2. The van der Waals surface area contributed by atoms with Crippen molar-refractivity contribution in [3.8, 4) is 11.5 Å². The number of hydrogen-bond donors (Lipinski definition) is 3. The van der Waals surface area contributed by atoms with E-state index in [2.05, 4.69) is 42.2 Å². The van der Waals surface area contributed by atoms with Crippen LogP contribution in [0.15, 0.2) is 116 Å². The Kier molecular flexibility index (Phi) is 12.6. The molecule has 274 valence electrons. The van der Waals surface area contributed by atoms with Crippen LogP contribution in [0, 0.1) is 0 Å². The average molecular weight is 743 g/mol. The van der Waals surface area contributed by atoms with Crippen LogP contribution >= 0.6 is 11.6 Å². The van der Waals surface area contributed by atoms with E-state index in [-0.39, 0.29) is 46.7 Å². The van der Waals surface area contributed by atoms with Gasteiger partial charge in [-0.05, 0) is 87.2 Å². The van der Waals surface area contributed by atoms with Crippen molar-refractivity contribution in [2.24, 2.45) is 0 Å². The van der Waals surface area contributed by atoms with Crippen molar-refractivity contribution in [1.29, 1.82) is 0 Å². The third-order valence-electron chi connectivity index (χ3n) is 7.89. The van der Waals surface area contributed by atoms with Crippen molar-refractivity contribution in [3.63, 3.8) is 0 Å². The van der Waals surface area contributed by atoms with Gasteiger partial charge in [0.05, 0.1) is 5.39 Å². The van der Waals surface area contributed by atoms with Gasteiger partial charge in [0.1, 0.15) is 47.4 Å². The summed E-state index contributed by atoms with van der Waals surface area (Å²) in [5.41, 5.74) is 1.31. The summed E-state index contributed by atoms with van der Waals surface area (Å²) in [5.74, 6) is -3.10. The predicted molar refractivity (Wildman–Crippen MR) is 197 cm³/mol. The molecule has 0 aliphatic rings. The van der Waals surface area contributed by atoms with Crippen LogP contribution in [-0.2, 0) is 0 Å². The first-order chi connectivity index (χ1) is 25.4. The van der Waals surface area contributed by atoms with Crippen molar-refractivity contribution < 1.29 is 43.2 Å². The molecule has 0 amide bonds. The highest BCUT2D eigenvalue weighted by atomic mass is 35.5. The summed E-state index contributed by atoms with van der Waals surface area (Å²) < 4.78 is 21.3. The van der Waals surface area contributed by atoms with Gasteiger partial charge in [0.25, 0.3) is 0 Å². The molecule has 0 bridgehead atoms. The largest absolute Gasteiger partial charge is 0.491 e. The number of aliphatic hydroxyl groups excluding tert-OH is 1. The van der Waals surface area contributed by atoms with Gasteiger partial charge in [0.15, 0.2) is 10.9 Å². The van der Waals surface area contributed by atoms with Crippen LogP contribution in [-0.4, -0.2) is 77.1 Å². The topological polar surface area (TPSA) is 190 Å². The van der Waals surface area contributed by atoms with Crippen molar-refractivity contribution in [3.05, 3.63) is 145 Å². The van der Waals surface area contributed by atoms with Crippen LogP contribution in [0.3, 0.4) is 0 Å². The first-order valence-electron chi connectivity index (χ1n) is 16.3. The molecule has 13 nitrogen and oxygen atoms in total. The number of fused-ring (bicyclic) bond motifs is 2. The fourth-order valence-electron chi connectivity index (χ4n) is 5.31. The van der Waals surface area contributed by atoms with Crippen LogP contribution in [0.2, 0.25) is 5.02 Å². The zero-order valence-corrected chi connectivity index (χ0v) is 29.4. The van der Waals surface area contributed by atoms with Crippen molar-refractivity contribution >= 4 is 45.5 Å². The van der Waals surface area contributed by atoms with E-state index in [1.165, 1.54) is 42.0 Å². The Hall–Kier alpha value is -6.02. The number of carboxylic acid groups (broad SMARTS) is 2. The smallest absolute Gasteiger partial charge is 0.371 e. The number of pyridine rings is 1. The molecule has 0 saturated carbocycles. The number of rotatable bonds is 13. The van der Waals surface area contributed by atoms with Crippen LogP contribution < -0.4 is 20.3 Å². The molecule has 0 fully saturated rings. The maximum atomic E-state index is 12.3. The number of ether oxygens (including phenoxy) is 2. The van der Waals surface area contributed by atoms with Crippen LogP contribution in [0.25, 0.3) is 21.9 Å². The van der Waals surface area contributed by atoms with Gasteiger partial charge in [-0.3, -0.25) is 14.6 Å². The van der Waals surface area contributed by atoms with E-state index in [0.29, 0.717) is 5.92 Å². The first kappa shape index (κ1) is 38.2. The average Bonchev–Trinajstić information content (AvgIpc) is 3.14. The van der Waals surface area contributed by atoms with Gasteiger partial charge in [-0.25, -0.2) is 9.59 Å². The molecule has 0 aliphatic carbocycles. The maximum Gasteiger partial charge on any atom is 0.371 e. The minimum atomic E-state index is -1.38. The zero-order valence-electron chi connectivity index (χ0n) is 28.6. The molecule has 0 spiro atoms. The molecular weight excluding hydrogens is 708 g/mol. The second-order valence-electron chi connectivity index (χ2n) is 12.1. The molecule has 6 aromatic rings. The molecule has 14 heteroatoms. The highest BCUT2D eigenvalue weighted by Crippen LogP contribution is 2.28. The minimum Gasteiger partial charge on any atom is -0.491 e. The summed E-state index contributed by atoms with van der Waals surface area (Å²) in [6, 6.07) is 24.4. The van der Waals surface area contributed by atoms with Gasteiger partial charge >= 0.3 is 11.9 Å². The number of benzene rings is 3. The highest BCUT2D eigenvalue weighted by Gasteiger charge is 2.17. The lowest BCUT2D eigenvalue weighted by atomic mass is 9.92. The molecule has 0 saturated heterocycles. The third-order valence-corrected chi connectivity index (χ3v) is 8.14. The molecule has 6 rings (SSSR count). The summed E-state index contributed by atoms with van der Waals surface area (Å²) in [5, 5.41) is 29.1. The Labute approximate surface area is 307 Å². The Morgan fingerprint density at radius 3 is 2.15 bits per heavy atom. The quantitative estimate of drug-likeness (QED) is 0.126. The van der Waals surface area contributed by atoms with Crippen LogP contribution in [0.4, 0.5) is 0 Å².